The van der Waals surface area contributed by atoms with E-state index in [1.54, 1.807) is 31.3 Å². The molecule has 5 aromatic rings. The van der Waals surface area contributed by atoms with Crippen molar-refractivity contribution in [3.63, 3.8) is 0 Å². The van der Waals surface area contributed by atoms with Gasteiger partial charge in [0, 0.05) is 24.6 Å². The molecule has 3 heterocycles. The molecule has 41 heavy (non-hydrogen) atoms. The van der Waals surface area contributed by atoms with Gasteiger partial charge in [-0.2, -0.15) is 0 Å². The summed E-state index contributed by atoms with van der Waals surface area (Å²) >= 11 is 1.38. The Bertz CT molecular complexity index is 1760. The first-order valence-electron chi connectivity index (χ1n) is 12.4. The van der Waals surface area contributed by atoms with E-state index in [0.717, 1.165) is 11.1 Å². The number of amides is 2. The molecule has 210 valence electrons. The molecule has 0 aliphatic heterocycles. The first-order valence-corrected chi connectivity index (χ1v) is 13.3. The molecule has 2 N–H and O–H groups in total. The number of carbonyl (C=O) groups excluding carboxylic acids is 2. The Morgan fingerprint density at radius 1 is 1.05 bits per heavy atom. The lowest BCUT2D eigenvalue weighted by Crippen LogP contribution is -2.24. The van der Waals surface area contributed by atoms with Crippen molar-refractivity contribution in [3.8, 4) is 22.2 Å². The number of aromatic nitrogens is 4. The van der Waals surface area contributed by atoms with Crippen molar-refractivity contribution in [2.45, 2.75) is 26.9 Å². The van der Waals surface area contributed by atoms with Crippen molar-refractivity contribution in [2.24, 2.45) is 0 Å². The summed E-state index contributed by atoms with van der Waals surface area (Å²) in [6, 6.07) is 9.88. The lowest BCUT2D eigenvalue weighted by atomic mass is 10.1. The number of pyridine rings is 1. The maximum absolute atomic E-state index is 14.9. The molecule has 0 saturated heterocycles. The summed E-state index contributed by atoms with van der Waals surface area (Å²) in [5, 5.41) is 5.73. The first kappa shape index (κ1) is 27.6. The van der Waals surface area contributed by atoms with Gasteiger partial charge in [0.15, 0.2) is 11.6 Å². The SMILES string of the molecule is COc1cnc2c(-c3nc4cc(F)c(O[C@@H](C)COC(=O)Nc5ccc(NC(C)=O)nc5)cc4s3)cc(C)cc2n1. The molecule has 3 aromatic heterocycles. The standard InChI is InChI=1S/C28H25FN6O5S/c1-14-7-18(26-21(8-14)34-25(38-4)12-31-26)27-35-20-9-19(29)22(10-23(20)41-27)40-15(2)13-39-28(37)33-17-5-6-24(30-11-17)32-16(3)36/h5-12,15H,13H2,1-4H3,(H,33,37)(H,30,32,36)/t15-/m0/s1. The smallest absolute Gasteiger partial charge is 0.411 e. The fourth-order valence-corrected chi connectivity index (χ4v) is 4.96. The molecule has 13 heteroatoms. The number of ether oxygens (including phenoxy) is 3. The fraction of sp³-hybridized carbons (Fsp3) is 0.214. The Morgan fingerprint density at radius 2 is 1.88 bits per heavy atom. The molecule has 0 fully saturated rings. The van der Waals surface area contributed by atoms with Crippen LogP contribution in [0, 0.1) is 12.7 Å². The van der Waals surface area contributed by atoms with Gasteiger partial charge in [0.2, 0.25) is 11.8 Å². The van der Waals surface area contributed by atoms with E-state index in [4.69, 9.17) is 14.2 Å². The highest BCUT2D eigenvalue weighted by atomic mass is 32.1. The van der Waals surface area contributed by atoms with Crippen molar-refractivity contribution >= 4 is 56.1 Å². The average molecular weight is 577 g/mol. The summed E-state index contributed by atoms with van der Waals surface area (Å²) in [5.74, 6) is -0.0662. The van der Waals surface area contributed by atoms with Crippen LogP contribution in [-0.2, 0) is 9.53 Å². The highest BCUT2D eigenvalue weighted by Gasteiger charge is 2.18. The number of thiazole rings is 1. The maximum Gasteiger partial charge on any atom is 0.411 e. The summed E-state index contributed by atoms with van der Waals surface area (Å²) in [5.41, 5.74) is 3.95. The number of hydrogen-bond donors (Lipinski definition) is 2. The van der Waals surface area contributed by atoms with E-state index in [1.807, 2.05) is 19.1 Å². The summed E-state index contributed by atoms with van der Waals surface area (Å²) in [6.45, 7) is 4.85. The van der Waals surface area contributed by atoms with Gasteiger partial charge in [-0.3, -0.25) is 10.1 Å². The van der Waals surface area contributed by atoms with Gasteiger partial charge in [0.05, 0.1) is 46.4 Å². The van der Waals surface area contributed by atoms with Gasteiger partial charge in [-0.05, 0) is 43.7 Å². The van der Waals surface area contributed by atoms with Gasteiger partial charge >= 0.3 is 6.09 Å². The van der Waals surface area contributed by atoms with Crippen molar-refractivity contribution in [3.05, 3.63) is 60.2 Å². The van der Waals surface area contributed by atoms with E-state index in [0.29, 0.717) is 43.6 Å². The molecule has 0 unspecified atom stereocenters. The van der Waals surface area contributed by atoms with Crippen molar-refractivity contribution < 1.29 is 28.2 Å². The second-order valence-corrected chi connectivity index (χ2v) is 10.2. The zero-order valence-corrected chi connectivity index (χ0v) is 23.3. The Kier molecular flexibility index (Phi) is 7.88. The van der Waals surface area contributed by atoms with Crippen LogP contribution >= 0.6 is 11.3 Å². The molecule has 11 nitrogen and oxygen atoms in total. The molecule has 0 aliphatic carbocycles. The Hall–Kier alpha value is -4.91. The second-order valence-electron chi connectivity index (χ2n) is 9.13. The van der Waals surface area contributed by atoms with Gasteiger partial charge in [0.25, 0.3) is 0 Å². The lowest BCUT2D eigenvalue weighted by Gasteiger charge is -2.15. The monoisotopic (exact) mass is 576 g/mol. The molecular weight excluding hydrogens is 551 g/mol. The Balaban J connectivity index is 1.26. The topological polar surface area (TPSA) is 137 Å². The fourth-order valence-electron chi connectivity index (χ4n) is 3.96. The second kappa shape index (κ2) is 11.7. The third-order valence-corrected chi connectivity index (χ3v) is 6.79. The molecule has 0 radical (unpaired) electrons. The van der Waals surface area contributed by atoms with Crippen molar-refractivity contribution in [2.75, 3.05) is 24.4 Å². The molecule has 0 aliphatic rings. The van der Waals surface area contributed by atoms with Crippen LogP contribution in [0.4, 0.5) is 20.7 Å². The predicted molar refractivity (Wildman–Crippen MR) is 153 cm³/mol. The number of hydrogen-bond acceptors (Lipinski definition) is 10. The van der Waals surface area contributed by atoms with Gasteiger partial charge in [-0.1, -0.05) is 0 Å². The van der Waals surface area contributed by atoms with Crippen LogP contribution < -0.4 is 20.1 Å². The molecular formula is C28H25FN6O5S. The van der Waals surface area contributed by atoms with Crippen LogP contribution in [-0.4, -0.2) is 51.8 Å². The average Bonchev–Trinajstić information content (AvgIpc) is 3.34. The zero-order valence-electron chi connectivity index (χ0n) is 22.5. The highest BCUT2D eigenvalue weighted by Crippen LogP contribution is 2.37. The van der Waals surface area contributed by atoms with Crippen molar-refractivity contribution in [1.29, 1.82) is 0 Å². The van der Waals surface area contributed by atoms with E-state index in [-0.39, 0.29) is 18.3 Å². The number of methoxy groups -OCH3 is 1. The van der Waals surface area contributed by atoms with E-state index >= 15 is 0 Å². The van der Waals surface area contributed by atoms with Crippen LogP contribution in [0.15, 0.2) is 48.8 Å². The van der Waals surface area contributed by atoms with E-state index in [2.05, 4.69) is 30.6 Å². The quantitative estimate of drug-likeness (QED) is 0.237. The predicted octanol–water partition coefficient (Wildman–Crippen LogP) is 5.73. The minimum atomic E-state index is -0.733. The number of nitrogens with zero attached hydrogens (tertiary/aromatic N) is 4. The van der Waals surface area contributed by atoms with E-state index in [9.17, 15) is 14.0 Å². The number of aryl methyl sites for hydroxylation is 1. The zero-order chi connectivity index (χ0) is 29.1. The minimum absolute atomic E-state index is 0.0144. The third kappa shape index (κ3) is 6.47. The number of nitrogens with one attached hydrogen (secondary N) is 2. The van der Waals surface area contributed by atoms with E-state index in [1.165, 1.54) is 37.6 Å². The summed E-state index contributed by atoms with van der Waals surface area (Å²) in [4.78, 5) is 40.9. The summed E-state index contributed by atoms with van der Waals surface area (Å²) in [7, 11) is 1.53. The maximum atomic E-state index is 14.9. The Morgan fingerprint density at radius 3 is 2.61 bits per heavy atom. The van der Waals surface area contributed by atoms with Gasteiger partial charge < -0.3 is 19.5 Å². The van der Waals surface area contributed by atoms with Crippen LogP contribution in [0.1, 0.15) is 19.4 Å². The van der Waals surface area contributed by atoms with Crippen LogP contribution in [0.2, 0.25) is 0 Å². The van der Waals surface area contributed by atoms with Crippen molar-refractivity contribution in [1.82, 2.24) is 19.9 Å². The molecule has 5 rings (SSSR count). The van der Waals surface area contributed by atoms with Gasteiger partial charge in [-0.25, -0.2) is 29.1 Å². The first-order chi connectivity index (χ1) is 19.7. The molecule has 2 aromatic carbocycles. The Labute approximate surface area is 237 Å². The van der Waals surface area contributed by atoms with Gasteiger partial charge in [-0.15, -0.1) is 11.3 Å². The molecule has 1 atom stereocenters. The van der Waals surface area contributed by atoms with Crippen LogP contribution in [0.25, 0.3) is 31.8 Å². The molecule has 0 spiro atoms. The number of carbonyl (C=O) groups is 2. The number of fused-ring (bicyclic) bond motifs is 2. The highest BCUT2D eigenvalue weighted by molar-refractivity contribution is 7.21. The lowest BCUT2D eigenvalue weighted by molar-refractivity contribution is -0.114. The number of halogens is 1. The number of rotatable bonds is 8. The normalized spacial score (nSPS) is 11.7. The molecule has 0 saturated carbocycles. The molecule has 2 amide bonds. The largest absolute Gasteiger partial charge is 0.484 e. The molecule has 0 bridgehead atoms. The number of benzene rings is 2. The van der Waals surface area contributed by atoms with Crippen LogP contribution in [0.5, 0.6) is 11.6 Å². The summed E-state index contributed by atoms with van der Waals surface area (Å²) < 4.78 is 31.8. The van der Waals surface area contributed by atoms with E-state index < -0.39 is 18.0 Å². The van der Waals surface area contributed by atoms with Crippen LogP contribution in [0.3, 0.4) is 0 Å². The third-order valence-electron chi connectivity index (χ3n) is 5.74. The minimum Gasteiger partial charge on any atom is -0.484 e. The summed E-state index contributed by atoms with van der Waals surface area (Å²) in [6.07, 6.45) is 1.54. The number of anilines is 2. The van der Waals surface area contributed by atoms with Gasteiger partial charge in [0.1, 0.15) is 23.5 Å².